The molecule has 0 saturated carbocycles. The third kappa shape index (κ3) is 4.62. The molecule has 6 nitrogen and oxygen atoms in total. The lowest BCUT2D eigenvalue weighted by Crippen LogP contribution is -2.39. The van der Waals surface area contributed by atoms with Crippen LogP contribution in [0.1, 0.15) is 46.1 Å². The number of para-hydroxylation sites is 1. The van der Waals surface area contributed by atoms with Gasteiger partial charge in [0.1, 0.15) is 17.6 Å². The summed E-state index contributed by atoms with van der Waals surface area (Å²) in [5, 5.41) is 11.8. The standard InChI is InChI=1S/C34H31FN4O2/c35-25-9-12-32(40)29(19-25)33(31-18-23-3-1-2-4-30(23)37-31)39-20-24-6-5-22(17-28(24)34(39)41)21-7-10-27(11-8-21)38-15-13-26(36)14-16-38/h1-12,17-19,26,33,37,40H,13-16,20,36H2. The van der Waals surface area contributed by atoms with E-state index in [1.807, 2.05) is 48.5 Å². The Morgan fingerprint density at radius 3 is 2.44 bits per heavy atom. The van der Waals surface area contributed by atoms with Gasteiger partial charge in [-0.25, -0.2) is 4.39 Å². The van der Waals surface area contributed by atoms with Crippen molar-refractivity contribution in [2.45, 2.75) is 31.5 Å². The van der Waals surface area contributed by atoms with E-state index in [4.69, 9.17) is 5.73 Å². The number of halogens is 1. The maximum atomic E-state index is 14.4. The topological polar surface area (TPSA) is 85.6 Å². The zero-order valence-electron chi connectivity index (χ0n) is 22.6. The number of aromatic amines is 1. The summed E-state index contributed by atoms with van der Waals surface area (Å²) in [6.07, 6.45) is 2.00. The van der Waals surface area contributed by atoms with Gasteiger partial charge >= 0.3 is 0 Å². The summed E-state index contributed by atoms with van der Waals surface area (Å²) in [6, 6.07) is 27.7. The van der Waals surface area contributed by atoms with Crippen molar-refractivity contribution in [3.8, 4) is 16.9 Å². The monoisotopic (exact) mass is 546 g/mol. The minimum Gasteiger partial charge on any atom is -0.508 e. The Bertz CT molecular complexity index is 1720. The lowest BCUT2D eigenvalue weighted by atomic mass is 9.99. The molecular weight excluding hydrogens is 515 g/mol. The Hall–Kier alpha value is -4.62. The van der Waals surface area contributed by atoms with Gasteiger partial charge in [-0.1, -0.05) is 42.5 Å². The molecule has 0 bridgehead atoms. The molecule has 2 aliphatic heterocycles. The number of fused-ring (bicyclic) bond motifs is 2. The molecule has 206 valence electrons. The molecule has 1 amide bonds. The highest BCUT2D eigenvalue weighted by Crippen LogP contribution is 2.41. The number of nitrogens with zero attached hydrogens (tertiary/aromatic N) is 2. The van der Waals surface area contributed by atoms with Crippen LogP contribution < -0.4 is 10.6 Å². The number of amides is 1. The molecule has 3 heterocycles. The summed E-state index contributed by atoms with van der Waals surface area (Å²) in [5.74, 6) is -0.688. The zero-order valence-corrected chi connectivity index (χ0v) is 22.6. The van der Waals surface area contributed by atoms with Gasteiger partial charge in [-0.3, -0.25) is 4.79 Å². The van der Waals surface area contributed by atoms with Gasteiger partial charge in [0.25, 0.3) is 5.91 Å². The number of H-pyrrole nitrogens is 1. The first-order valence-electron chi connectivity index (χ1n) is 14.1. The number of benzene rings is 4. The van der Waals surface area contributed by atoms with E-state index in [-0.39, 0.29) is 17.7 Å². The summed E-state index contributed by atoms with van der Waals surface area (Å²) in [4.78, 5) is 21.5. The largest absolute Gasteiger partial charge is 0.508 e. The van der Waals surface area contributed by atoms with Crippen molar-refractivity contribution in [1.29, 1.82) is 0 Å². The number of piperidine rings is 1. The van der Waals surface area contributed by atoms with Crippen molar-refractivity contribution < 1.29 is 14.3 Å². The molecule has 7 rings (SSSR count). The molecule has 4 aromatic carbocycles. The van der Waals surface area contributed by atoms with Gasteiger partial charge in [0.15, 0.2) is 0 Å². The van der Waals surface area contributed by atoms with Crippen LogP contribution in [0, 0.1) is 5.82 Å². The first kappa shape index (κ1) is 25.4. The Morgan fingerprint density at radius 2 is 1.66 bits per heavy atom. The Morgan fingerprint density at radius 1 is 0.902 bits per heavy atom. The number of nitrogens with two attached hydrogens (primary N) is 1. The van der Waals surface area contributed by atoms with Crippen molar-refractivity contribution in [3.63, 3.8) is 0 Å². The van der Waals surface area contributed by atoms with E-state index in [9.17, 15) is 14.3 Å². The number of carbonyl (C=O) groups is 1. The molecule has 1 fully saturated rings. The number of rotatable bonds is 5. The number of hydrogen-bond acceptors (Lipinski definition) is 4. The molecule has 1 atom stereocenters. The number of aromatic hydroxyl groups is 1. The first-order chi connectivity index (χ1) is 19.9. The van der Waals surface area contributed by atoms with Crippen LogP contribution in [0.4, 0.5) is 10.1 Å². The number of phenolic OH excluding ortho intramolecular Hbond substituents is 1. The van der Waals surface area contributed by atoms with Crippen molar-refractivity contribution in [1.82, 2.24) is 9.88 Å². The minimum atomic E-state index is -0.696. The maximum absolute atomic E-state index is 14.4. The van der Waals surface area contributed by atoms with E-state index < -0.39 is 11.9 Å². The molecule has 7 heteroatoms. The summed E-state index contributed by atoms with van der Waals surface area (Å²) in [7, 11) is 0. The van der Waals surface area contributed by atoms with Crippen molar-refractivity contribution in [3.05, 3.63) is 119 Å². The summed E-state index contributed by atoms with van der Waals surface area (Å²) in [6.45, 7) is 2.27. The zero-order chi connectivity index (χ0) is 28.1. The molecule has 1 saturated heterocycles. The fourth-order valence-corrected chi connectivity index (χ4v) is 6.22. The van der Waals surface area contributed by atoms with Gasteiger partial charge in [-0.2, -0.15) is 0 Å². The molecule has 0 radical (unpaired) electrons. The van der Waals surface area contributed by atoms with Crippen molar-refractivity contribution in [2.75, 3.05) is 18.0 Å². The highest BCUT2D eigenvalue weighted by Gasteiger charge is 2.37. The van der Waals surface area contributed by atoms with Crippen LogP contribution in [0.25, 0.3) is 22.0 Å². The number of nitrogens with one attached hydrogen (secondary N) is 1. The van der Waals surface area contributed by atoms with E-state index >= 15 is 0 Å². The van der Waals surface area contributed by atoms with E-state index in [1.54, 1.807) is 4.90 Å². The normalized spacial score (nSPS) is 16.4. The fourth-order valence-electron chi connectivity index (χ4n) is 6.22. The van der Waals surface area contributed by atoms with Crippen molar-refractivity contribution >= 4 is 22.5 Å². The van der Waals surface area contributed by atoms with E-state index in [2.05, 4.69) is 34.1 Å². The molecule has 5 aromatic rings. The summed E-state index contributed by atoms with van der Waals surface area (Å²) < 4.78 is 14.4. The van der Waals surface area contributed by atoms with Gasteiger partial charge in [0.2, 0.25) is 0 Å². The maximum Gasteiger partial charge on any atom is 0.255 e. The lowest BCUT2D eigenvalue weighted by Gasteiger charge is -2.32. The Labute approximate surface area is 237 Å². The smallest absolute Gasteiger partial charge is 0.255 e. The first-order valence-corrected chi connectivity index (χ1v) is 14.1. The van der Waals surface area contributed by atoms with E-state index in [0.29, 0.717) is 23.4 Å². The predicted molar refractivity (Wildman–Crippen MR) is 159 cm³/mol. The second-order valence-corrected chi connectivity index (χ2v) is 11.1. The lowest BCUT2D eigenvalue weighted by molar-refractivity contribution is 0.0726. The number of phenols is 1. The SMILES string of the molecule is NC1CCN(c2ccc(-c3ccc4c(c3)C(=O)N(C(c3cc5ccccc5[nH]3)c3cc(F)ccc3O)C4)cc2)CC1. The van der Waals surface area contributed by atoms with Gasteiger partial charge in [0.05, 0.1) is 0 Å². The number of carbonyl (C=O) groups excluding carboxylic acids is 1. The average molecular weight is 547 g/mol. The number of aromatic nitrogens is 1. The second kappa shape index (κ2) is 10.1. The van der Waals surface area contributed by atoms with Crippen LogP contribution >= 0.6 is 0 Å². The fraction of sp³-hybridized carbons (Fsp3) is 0.206. The van der Waals surface area contributed by atoms with Crippen LogP contribution in [-0.4, -0.2) is 40.0 Å². The molecular formula is C34H31FN4O2. The molecule has 2 aliphatic rings. The quantitative estimate of drug-likeness (QED) is 0.240. The van der Waals surface area contributed by atoms with Gasteiger partial charge in [-0.05, 0) is 83.4 Å². The Balaban J connectivity index is 1.22. The predicted octanol–water partition coefficient (Wildman–Crippen LogP) is 6.35. The van der Waals surface area contributed by atoms with Gasteiger partial charge in [-0.15, -0.1) is 0 Å². The third-order valence-electron chi connectivity index (χ3n) is 8.49. The van der Waals surface area contributed by atoms with E-state index in [1.165, 1.54) is 23.9 Å². The van der Waals surface area contributed by atoms with Crippen molar-refractivity contribution in [2.24, 2.45) is 5.73 Å². The summed E-state index contributed by atoms with van der Waals surface area (Å²) >= 11 is 0. The average Bonchev–Trinajstić information content (AvgIpc) is 3.56. The molecule has 0 spiro atoms. The van der Waals surface area contributed by atoms with Crippen LogP contribution in [0.15, 0.2) is 91.0 Å². The van der Waals surface area contributed by atoms with Gasteiger partial charge in [0, 0.05) is 53.7 Å². The van der Waals surface area contributed by atoms with Gasteiger partial charge < -0.3 is 25.6 Å². The van der Waals surface area contributed by atoms with Crippen LogP contribution in [0.2, 0.25) is 0 Å². The molecule has 4 N–H and O–H groups in total. The molecule has 41 heavy (non-hydrogen) atoms. The third-order valence-corrected chi connectivity index (χ3v) is 8.49. The number of hydrogen-bond donors (Lipinski definition) is 3. The highest BCUT2D eigenvalue weighted by molar-refractivity contribution is 6.00. The second-order valence-electron chi connectivity index (χ2n) is 11.1. The van der Waals surface area contributed by atoms with Crippen LogP contribution in [0.3, 0.4) is 0 Å². The molecule has 1 unspecified atom stereocenters. The number of anilines is 1. The molecule has 1 aromatic heterocycles. The van der Waals surface area contributed by atoms with Crippen LogP contribution in [0.5, 0.6) is 5.75 Å². The minimum absolute atomic E-state index is 0.0599. The van der Waals surface area contributed by atoms with Crippen LogP contribution in [-0.2, 0) is 6.54 Å². The Kier molecular flexibility index (Phi) is 6.24. The molecule has 0 aliphatic carbocycles. The highest BCUT2D eigenvalue weighted by atomic mass is 19.1. The van der Waals surface area contributed by atoms with E-state index in [0.717, 1.165) is 53.5 Å². The summed E-state index contributed by atoms with van der Waals surface area (Å²) in [5.41, 5.74) is 12.7.